The Morgan fingerprint density at radius 3 is 2.62 bits per heavy atom. The van der Waals surface area contributed by atoms with Crippen molar-refractivity contribution in [1.29, 1.82) is 0 Å². The zero-order chi connectivity index (χ0) is 27.2. The van der Waals surface area contributed by atoms with E-state index in [1.165, 1.54) is 12.4 Å². The molecular weight excluding hydrogens is 506 g/mol. The van der Waals surface area contributed by atoms with Crippen molar-refractivity contribution < 1.29 is 18.4 Å². The number of rotatable bonds is 8. The van der Waals surface area contributed by atoms with Crippen LogP contribution in [0.3, 0.4) is 0 Å². The fourth-order valence-electron chi connectivity index (χ4n) is 4.52. The minimum atomic E-state index is -0.922. The fraction of sp³-hybridized carbons (Fsp3) is 0.259. The van der Waals surface area contributed by atoms with Gasteiger partial charge in [0.05, 0.1) is 6.04 Å². The standard InChI is InChI=1S/C27H26F2N8O2/c28-21-5-4-19(13-22(21)29)6-8-32-26(38)14-20-16-35(27(39)23-3-1-2-7-31-23)11-12-37(20)25-15-24(33-17-34-25)36-10-9-30-18-36/h1-5,7,9-10,13,15,17-18,20H,6,8,11-12,14,16H2,(H,32,38). The molecule has 3 aromatic heterocycles. The number of halogens is 2. The van der Waals surface area contributed by atoms with E-state index in [4.69, 9.17) is 0 Å². The molecule has 39 heavy (non-hydrogen) atoms. The first kappa shape index (κ1) is 25.9. The monoisotopic (exact) mass is 532 g/mol. The van der Waals surface area contributed by atoms with Gasteiger partial charge in [-0.3, -0.25) is 19.1 Å². The number of pyridine rings is 1. The average Bonchev–Trinajstić information content (AvgIpc) is 3.50. The molecule has 1 N–H and O–H groups in total. The smallest absolute Gasteiger partial charge is 0.272 e. The number of carbonyl (C=O) groups is 2. The third-order valence-electron chi connectivity index (χ3n) is 6.50. The summed E-state index contributed by atoms with van der Waals surface area (Å²) < 4.78 is 28.5. The minimum Gasteiger partial charge on any atom is -0.356 e. The zero-order valence-electron chi connectivity index (χ0n) is 21.0. The highest BCUT2D eigenvalue weighted by molar-refractivity contribution is 5.92. The van der Waals surface area contributed by atoms with Crippen LogP contribution in [0.1, 0.15) is 22.5 Å². The molecule has 2 amide bonds. The van der Waals surface area contributed by atoms with E-state index < -0.39 is 11.6 Å². The Morgan fingerprint density at radius 2 is 1.85 bits per heavy atom. The van der Waals surface area contributed by atoms with Gasteiger partial charge in [0.2, 0.25) is 5.91 Å². The van der Waals surface area contributed by atoms with Crippen molar-refractivity contribution in [2.45, 2.75) is 18.9 Å². The van der Waals surface area contributed by atoms with Crippen LogP contribution in [0, 0.1) is 11.6 Å². The summed E-state index contributed by atoms with van der Waals surface area (Å²) in [4.78, 5) is 46.8. The molecule has 0 saturated carbocycles. The minimum absolute atomic E-state index is 0.0915. The Bertz CT molecular complexity index is 1430. The van der Waals surface area contributed by atoms with Crippen LogP contribution < -0.4 is 10.2 Å². The molecule has 1 saturated heterocycles. The Balaban J connectivity index is 1.30. The molecule has 1 aliphatic heterocycles. The van der Waals surface area contributed by atoms with Crippen molar-refractivity contribution >= 4 is 17.6 Å². The van der Waals surface area contributed by atoms with Gasteiger partial charge >= 0.3 is 0 Å². The van der Waals surface area contributed by atoms with E-state index >= 15 is 0 Å². The Kier molecular flexibility index (Phi) is 7.80. The normalized spacial score (nSPS) is 15.3. The molecular formula is C27H26F2N8O2. The molecule has 200 valence electrons. The van der Waals surface area contributed by atoms with Gasteiger partial charge < -0.3 is 15.1 Å². The number of imidazole rings is 1. The lowest BCUT2D eigenvalue weighted by Crippen LogP contribution is -2.56. The number of hydrogen-bond donors (Lipinski definition) is 1. The highest BCUT2D eigenvalue weighted by atomic mass is 19.2. The summed E-state index contributed by atoms with van der Waals surface area (Å²) in [5.74, 6) is -1.03. The highest BCUT2D eigenvalue weighted by Crippen LogP contribution is 2.23. The van der Waals surface area contributed by atoms with Gasteiger partial charge in [-0.1, -0.05) is 12.1 Å². The number of aromatic nitrogens is 5. The molecule has 0 spiro atoms. The third-order valence-corrected chi connectivity index (χ3v) is 6.50. The van der Waals surface area contributed by atoms with E-state index in [0.29, 0.717) is 42.4 Å². The molecule has 1 fully saturated rings. The van der Waals surface area contributed by atoms with Gasteiger partial charge in [0.1, 0.15) is 30.0 Å². The number of anilines is 1. The summed E-state index contributed by atoms with van der Waals surface area (Å²) in [5, 5.41) is 2.85. The molecule has 1 aromatic carbocycles. The molecule has 1 aliphatic rings. The van der Waals surface area contributed by atoms with Crippen molar-refractivity contribution in [3.8, 4) is 5.82 Å². The largest absolute Gasteiger partial charge is 0.356 e. The fourth-order valence-corrected chi connectivity index (χ4v) is 4.52. The second kappa shape index (κ2) is 11.8. The van der Waals surface area contributed by atoms with Crippen molar-refractivity contribution in [3.05, 3.63) is 96.6 Å². The van der Waals surface area contributed by atoms with Crippen molar-refractivity contribution in [2.24, 2.45) is 0 Å². The molecule has 1 unspecified atom stereocenters. The number of nitrogens with zero attached hydrogens (tertiary/aromatic N) is 7. The third kappa shape index (κ3) is 6.22. The van der Waals surface area contributed by atoms with E-state index in [-0.39, 0.29) is 37.4 Å². The summed E-state index contributed by atoms with van der Waals surface area (Å²) in [7, 11) is 0. The topological polar surface area (TPSA) is 109 Å². The zero-order valence-corrected chi connectivity index (χ0v) is 21.0. The maximum atomic E-state index is 13.5. The summed E-state index contributed by atoms with van der Waals surface area (Å²) in [6, 6.07) is 10.3. The number of amides is 2. The number of carbonyl (C=O) groups excluding carboxylic acids is 2. The molecule has 0 bridgehead atoms. The van der Waals surface area contributed by atoms with Crippen molar-refractivity contribution in [1.82, 2.24) is 34.7 Å². The molecule has 0 aliphatic carbocycles. The summed E-state index contributed by atoms with van der Waals surface area (Å²) in [6.45, 7) is 1.42. The van der Waals surface area contributed by atoms with Gasteiger partial charge in [-0.15, -0.1) is 0 Å². The lowest BCUT2D eigenvalue weighted by Gasteiger charge is -2.41. The van der Waals surface area contributed by atoms with E-state index in [1.807, 2.05) is 11.0 Å². The van der Waals surface area contributed by atoms with E-state index in [2.05, 4.69) is 25.3 Å². The molecule has 4 heterocycles. The molecule has 1 atom stereocenters. The first-order valence-corrected chi connectivity index (χ1v) is 12.5. The van der Waals surface area contributed by atoms with Crippen LogP contribution in [0.25, 0.3) is 5.82 Å². The lowest BCUT2D eigenvalue weighted by atomic mass is 10.1. The molecule has 12 heteroatoms. The predicted molar refractivity (Wildman–Crippen MR) is 138 cm³/mol. The van der Waals surface area contributed by atoms with Crippen LogP contribution >= 0.6 is 0 Å². The van der Waals surface area contributed by atoms with Gasteiger partial charge in [0.25, 0.3) is 5.91 Å². The molecule has 4 aromatic rings. The Labute approximate surface area is 223 Å². The Morgan fingerprint density at radius 1 is 0.974 bits per heavy atom. The van der Waals surface area contributed by atoms with E-state index in [0.717, 1.165) is 12.1 Å². The quantitative estimate of drug-likeness (QED) is 0.371. The van der Waals surface area contributed by atoms with Crippen molar-refractivity contribution in [2.75, 3.05) is 31.1 Å². The average molecular weight is 533 g/mol. The highest BCUT2D eigenvalue weighted by Gasteiger charge is 2.33. The SMILES string of the molecule is O=C(CC1CN(C(=O)c2ccccn2)CCN1c1cc(-n2ccnc2)ncn1)NCCc1ccc(F)c(F)c1. The second-order valence-corrected chi connectivity index (χ2v) is 9.07. The maximum Gasteiger partial charge on any atom is 0.272 e. The van der Waals surface area contributed by atoms with Crippen LogP contribution in [-0.2, 0) is 11.2 Å². The number of benzene rings is 1. The summed E-state index contributed by atoms with van der Waals surface area (Å²) >= 11 is 0. The van der Waals surface area contributed by atoms with Gasteiger partial charge in [-0.2, -0.15) is 0 Å². The van der Waals surface area contributed by atoms with Gasteiger partial charge in [-0.25, -0.2) is 23.7 Å². The van der Waals surface area contributed by atoms with Crippen LogP contribution in [0.15, 0.2) is 73.7 Å². The van der Waals surface area contributed by atoms with Crippen LogP contribution in [0.5, 0.6) is 0 Å². The number of hydrogen-bond acceptors (Lipinski definition) is 7. The van der Waals surface area contributed by atoms with Crippen LogP contribution in [0.2, 0.25) is 0 Å². The van der Waals surface area contributed by atoms with Gasteiger partial charge in [-0.05, 0) is 36.2 Å². The molecule has 5 rings (SSSR count). The molecule has 10 nitrogen and oxygen atoms in total. The summed E-state index contributed by atoms with van der Waals surface area (Å²) in [5.41, 5.74) is 0.916. The van der Waals surface area contributed by atoms with Crippen LogP contribution in [-0.4, -0.2) is 73.4 Å². The lowest BCUT2D eigenvalue weighted by molar-refractivity contribution is -0.121. The first-order chi connectivity index (χ1) is 19.0. The Hall–Kier alpha value is -4.74. The van der Waals surface area contributed by atoms with Gasteiger partial charge in [0, 0.05) is 57.3 Å². The van der Waals surface area contributed by atoms with E-state index in [9.17, 15) is 18.4 Å². The number of piperazine rings is 1. The van der Waals surface area contributed by atoms with Gasteiger partial charge in [0.15, 0.2) is 11.6 Å². The summed E-state index contributed by atoms with van der Waals surface area (Å²) in [6.07, 6.45) is 8.52. The molecule has 0 radical (unpaired) electrons. The maximum absolute atomic E-state index is 13.5. The predicted octanol–water partition coefficient (Wildman–Crippen LogP) is 2.42. The first-order valence-electron chi connectivity index (χ1n) is 12.5. The van der Waals surface area contributed by atoms with Crippen molar-refractivity contribution in [3.63, 3.8) is 0 Å². The van der Waals surface area contributed by atoms with Crippen LogP contribution in [0.4, 0.5) is 14.6 Å². The second-order valence-electron chi connectivity index (χ2n) is 9.07. The number of nitrogens with one attached hydrogen (secondary N) is 1. The van der Waals surface area contributed by atoms with E-state index in [1.54, 1.807) is 52.6 Å².